The van der Waals surface area contributed by atoms with Crippen molar-refractivity contribution in [2.24, 2.45) is 0 Å². The maximum atomic E-state index is 4.24. The van der Waals surface area contributed by atoms with E-state index < -0.39 is 0 Å². The van der Waals surface area contributed by atoms with Gasteiger partial charge in [0, 0.05) is 6.42 Å². The molecule has 0 unspecified atom stereocenters. The number of fused-ring (bicyclic) bond motifs is 1. The maximum absolute atomic E-state index is 4.24. The molecule has 0 atom stereocenters. The lowest BCUT2D eigenvalue weighted by Gasteiger charge is -2.02. The van der Waals surface area contributed by atoms with E-state index in [-0.39, 0.29) is 0 Å². The fourth-order valence-electron chi connectivity index (χ4n) is 1.03. The summed E-state index contributed by atoms with van der Waals surface area (Å²) in [5.74, 6) is 2.45. The van der Waals surface area contributed by atoms with E-state index in [9.17, 15) is 0 Å². The van der Waals surface area contributed by atoms with Crippen LogP contribution < -0.4 is 0 Å². The molecule has 0 aliphatic carbocycles. The Hall–Kier alpha value is -0.790. The SMILES string of the molecule is CCCCc1nc2cn1-2. The molecule has 0 spiro atoms. The second-order valence-electron chi connectivity index (χ2n) is 2.49. The van der Waals surface area contributed by atoms with Gasteiger partial charge >= 0.3 is 0 Å². The lowest BCUT2D eigenvalue weighted by molar-refractivity contribution is 0.720. The second kappa shape index (κ2) is 1.59. The van der Waals surface area contributed by atoms with E-state index in [1.165, 1.54) is 24.5 Å². The Morgan fingerprint density at radius 3 is 3.00 bits per heavy atom. The molecule has 0 amide bonds. The van der Waals surface area contributed by atoms with Crippen LogP contribution in [0.2, 0.25) is 0 Å². The summed E-state index contributed by atoms with van der Waals surface area (Å²) in [6, 6.07) is 0. The van der Waals surface area contributed by atoms with E-state index >= 15 is 0 Å². The van der Waals surface area contributed by atoms with Crippen molar-refractivity contribution >= 4 is 0 Å². The first-order chi connectivity index (χ1) is 4.42. The zero-order chi connectivity index (χ0) is 6.27. The Labute approximate surface area is 54.5 Å². The summed E-state index contributed by atoms with van der Waals surface area (Å²) in [5.41, 5.74) is 0. The zero-order valence-corrected chi connectivity index (χ0v) is 5.59. The summed E-state index contributed by atoms with van der Waals surface area (Å²) in [4.78, 5) is 4.24. The van der Waals surface area contributed by atoms with Gasteiger partial charge in [0.15, 0.2) is 5.82 Å². The molecule has 48 valence electrons. The highest BCUT2D eigenvalue weighted by atomic mass is 15.3. The van der Waals surface area contributed by atoms with Crippen molar-refractivity contribution in [1.82, 2.24) is 9.55 Å². The molecule has 0 aromatic carbocycles. The normalized spacial score (nSPS) is 12.1. The van der Waals surface area contributed by atoms with Gasteiger partial charge in [-0.2, -0.15) is 0 Å². The first-order valence-electron chi connectivity index (χ1n) is 3.50. The van der Waals surface area contributed by atoms with E-state index in [0.717, 1.165) is 6.42 Å². The van der Waals surface area contributed by atoms with E-state index in [1.807, 2.05) is 0 Å². The van der Waals surface area contributed by atoms with E-state index in [4.69, 9.17) is 0 Å². The monoisotopic (exact) mass is 122 g/mol. The summed E-state index contributed by atoms with van der Waals surface area (Å²) in [7, 11) is 0. The Morgan fingerprint density at radius 1 is 1.67 bits per heavy atom. The highest BCUT2D eigenvalue weighted by molar-refractivity contribution is 5.39. The van der Waals surface area contributed by atoms with Gasteiger partial charge in [0.05, 0.1) is 6.20 Å². The third-order valence-corrected chi connectivity index (χ3v) is 1.70. The third kappa shape index (κ3) is 0.661. The van der Waals surface area contributed by atoms with Crippen LogP contribution in [0.3, 0.4) is 0 Å². The van der Waals surface area contributed by atoms with Crippen LogP contribution in [0, 0.1) is 0 Å². The van der Waals surface area contributed by atoms with Crippen LogP contribution in [0.1, 0.15) is 25.6 Å². The van der Waals surface area contributed by atoms with Crippen molar-refractivity contribution in [3.05, 3.63) is 12.0 Å². The zero-order valence-electron chi connectivity index (χ0n) is 5.59. The van der Waals surface area contributed by atoms with Crippen molar-refractivity contribution in [3.63, 3.8) is 0 Å². The fraction of sp³-hybridized carbons (Fsp3) is 0.571. The van der Waals surface area contributed by atoms with Gasteiger partial charge in [-0.3, -0.25) is 4.57 Å². The van der Waals surface area contributed by atoms with Crippen LogP contribution in [0.5, 0.6) is 0 Å². The topological polar surface area (TPSA) is 17.8 Å². The van der Waals surface area contributed by atoms with Crippen LogP contribution in [0.4, 0.5) is 0 Å². The van der Waals surface area contributed by atoms with Crippen LogP contribution in [-0.4, -0.2) is 9.55 Å². The Balaban J connectivity index is 1.90. The molecular formula is C7H10N2. The average molecular weight is 122 g/mol. The molecule has 2 nitrogen and oxygen atoms in total. The first-order valence-corrected chi connectivity index (χ1v) is 3.50. The Kier molecular flexibility index (Phi) is 0.891. The molecule has 0 aromatic heterocycles. The van der Waals surface area contributed by atoms with Crippen LogP contribution in [0.15, 0.2) is 6.20 Å². The molecule has 0 saturated heterocycles. The van der Waals surface area contributed by atoms with Crippen LogP contribution in [-0.2, 0) is 6.42 Å². The van der Waals surface area contributed by atoms with Gasteiger partial charge in [0.1, 0.15) is 5.82 Å². The van der Waals surface area contributed by atoms with Gasteiger partial charge in [-0.05, 0) is 6.42 Å². The van der Waals surface area contributed by atoms with E-state index in [2.05, 4.69) is 22.7 Å². The molecule has 0 saturated carbocycles. The molecular weight excluding hydrogens is 112 g/mol. The Bertz CT molecular complexity index is 225. The molecule has 2 heterocycles. The van der Waals surface area contributed by atoms with Crippen molar-refractivity contribution in [2.45, 2.75) is 26.2 Å². The Morgan fingerprint density at radius 2 is 2.56 bits per heavy atom. The van der Waals surface area contributed by atoms with Gasteiger partial charge in [-0.1, -0.05) is 13.3 Å². The first kappa shape index (κ1) is 5.03. The summed E-state index contributed by atoms with van der Waals surface area (Å²) < 4.78 is 2.16. The number of aryl methyl sites for hydroxylation is 1. The van der Waals surface area contributed by atoms with Gasteiger partial charge in [0.25, 0.3) is 0 Å². The minimum absolute atomic E-state index is 1.16. The summed E-state index contributed by atoms with van der Waals surface area (Å²) >= 11 is 0. The van der Waals surface area contributed by atoms with Crippen molar-refractivity contribution < 1.29 is 0 Å². The standard InChI is InChI=1S/C7H10N2/c1-2-3-4-6-8-7-5-9(6)7/h5H,2-4H2,1H3. The lowest BCUT2D eigenvalue weighted by Crippen LogP contribution is -2.01. The number of hydrogen-bond acceptors (Lipinski definition) is 1. The molecule has 9 heavy (non-hydrogen) atoms. The second-order valence-corrected chi connectivity index (χ2v) is 2.49. The molecule has 0 fully saturated rings. The van der Waals surface area contributed by atoms with Crippen molar-refractivity contribution in [2.75, 3.05) is 0 Å². The number of nitrogens with zero attached hydrogens (tertiary/aromatic N) is 2. The summed E-state index contributed by atoms with van der Waals surface area (Å²) in [5, 5.41) is 0. The number of rotatable bonds is 3. The number of imidazole rings is 1. The molecule has 2 aliphatic heterocycles. The highest BCUT2D eigenvalue weighted by Gasteiger charge is 2.21. The van der Waals surface area contributed by atoms with Gasteiger partial charge in [-0.25, -0.2) is 4.98 Å². The highest BCUT2D eigenvalue weighted by Crippen LogP contribution is 2.24. The van der Waals surface area contributed by atoms with Gasteiger partial charge < -0.3 is 0 Å². The average Bonchev–Trinajstić information content (AvgIpc) is 2.44. The molecule has 2 rings (SSSR count). The minimum atomic E-state index is 1.16. The summed E-state index contributed by atoms with van der Waals surface area (Å²) in [6.07, 6.45) is 5.78. The quantitative estimate of drug-likeness (QED) is 0.603. The predicted molar refractivity (Wildman–Crippen MR) is 35.7 cm³/mol. The summed E-state index contributed by atoms with van der Waals surface area (Å²) in [6.45, 7) is 2.20. The maximum Gasteiger partial charge on any atom is 0.157 e. The van der Waals surface area contributed by atoms with Gasteiger partial charge in [0.2, 0.25) is 0 Å². The van der Waals surface area contributed by atoms with Gasteiger partial charge in [-0.15, -0.1) is 0 Å². The van der Waals surface area contributed by atoms with Crippen LogP contribution in [0.25, 0.3) is 5.82 Å². The molecule has 2 aliphatic rings. The predicted octanol–water partition coefficient (Wildman–Crippen LogP) is 1.53. The van der Waals surface area contributed by atoms with E-state index in [0.29, 0.717) is 0 Å². The molecule has 0 bridgehead atoms. The number of hydrogen-bond donors (Lipinski definition) is 0. The van der Waals surface area contributed by atoms with Crippen molar-refractivity contribution in [1.29, 1.82) is 0 Å². The number of unbranched alkanes of at least 4 members (excludes halogenated alkanes) is 1. The molecule has 2 heteroatoms. The van der Waals surface area contributed by atoms with E-state index in [1.54, 1.807) is 0 Å². The van der Waals surface area contributed by atoms with Crippen LogP contribution >= 0.6 is 0 Å². The largest absolute Gasteiger partial charge is 0.284 e. The van der Waals surface area contributed by atoms with Crippen molar-refractivity contribution in [3.8, 4) is 5.82 Å². The molecule has 0 N–H and O–H groups in total. The molecule has 0 radical (unpaired) electrons. The molecule has 0 aromatic rings. The number of aromatic nitrogens is 2. The lowest BCUT2D eigenvalue weighted by atomic mass is 10.2. The minimum Gasteiger partial charge on any atom is -0.284 e. The third-order valence-electron chi connectivity index (χ3n) is 1.70. The fourth-order valence-corrected chi connectivity index (χ4v) is 1.03. The smallest absolute Gasteiger partial charge is 0.157 e.